The second-order valence-electron chi connectivity index (χ2n) is 7.43. The van der Waals surface area contributed by atoms with E-state index in [0.717, 1.165) is 21.7 Å². The molecule has 1 fully saturated rings. The number of hydrogen-bond donors (Lipinski definition) is 0. The second kappa shape index (κ2) is 9.39. The molecule has 0 atom stereocenters. The van der Waals surface area contributed by atoms with Gasteiger partial charge in [0, 0.05) is 17.0 Å². The van der Waals surface area contributed by atoms with Crippen molar-refractivity contribution >= 4 is 17.0 Å². The van der Waals surface area contributed by atoms with Crippen LogP contribution in [-0.2, 0) is 0 Å². The van der Waals surface area contributed by atoms with Crippen molar-refractivity contribution in [3.63, 3.8) is 0 Å². The number of aromatic nitrogens is 1. The summed E-state index contributed by atoms with van der Waals surface area (Å²) in [7, 11) is 4.93. The van der Waals surface area contributed by atoms with Gasteiger partial charge in [-0.25, -0.2) is 4.99 Å². The van der Waals surface area contributed by atoms with Gasteiger partial charge in [-0.1, -0.05) is 37.5 Å². The number of rotatable bonds is 6. The van der Waals surface area contributed by atoms with Crippen LogP contribution in [0.5, 0.6) is 17.2 Å². The Bertz CT molecular complexity index is 1020. The largest absolute Gasteiger partial charge is 0.493 e. The first-order chi connectivity index (χ1) is 14.7. The Morgan fingerprint density at radius 1 is 0.900 bits per heavy atom. The van der Waals surface area contributed by atoms with Gasteiger partial charge in [-0.15, -0.1) is 11.3 Å². The van der Waals surface area contributed by atoms with Crippen LogP contribution < -0.4 is 19.0 Å². The minimum absolute atomic E-state index is 0.446. The van der Waals surface area contributed by atoms with E-state index in [9.17, 15) is 0 Å². The van der Waals surface area contributed by atoms with E-state index < -0.39 is 0 Å². The molecule has 0 unspecified atom stereocenters. The molecule has 6 heteroatoms. The fraction of sp³-hybridized carbons (Fsp3) is 0.375. The standard InChI is InChI=1S/C24H28N2O3S/c1-27-21-14-17(15-22(28-2)23(21)29-3)20-16-30-24(25-18-10-6-4-7-11-18)26(20)19-12-8-5-9-13-19/h4,6-7,10-11,14-16,19H,5,8-9,12-13H2,1-3H3. The molecule has 0 aliphatic heterocycles. The molecule has 0 radical (unpaired) electrons. The Hall–Kier alpha value is -2.73. The lowest BCUT2D eigenvalue weighted by Gasteiger charge is -2.25. The zero-order valence-electron chi connectivity index (χ0n) is 17.8. The Labute approximate surface area is 181 Å². The maximum Gasteiger partial charge on any atom is 0.203 e. The molecular weight excluding hydrogens is 396 g/mol. The first kappa shape index (κ1) is 20.5. The number of thiazole rings is 1. The first-order valence-corrected chi connectivity index (χ1v) is 11.2. The maximum atomic E-state index is 5.59. The van der Waals surface area contributed by atoms with Crippen LogP contribution in [0.2, 0.25) is 0 Å². The third-order valence-corrected chi connectivity index (χ3v) is 6.46. The minimum Gasteiger partial charge on any atom is -0.493 e. The normalized spacial score (nSPS) is 15.2. The predicted molar refractivity (Wildman–Crippen MR) is 121 cm³/mol. The van der Waals surface area contributed by atoms with Gasteiger partial charge in [0.15, 0.2) is 16.3 Å². The van der Waals surface area contributed by atoms with Crippen molar-refractivity contribution in [1.29, 1.82) is 0 Å². The number of hydrogen-bond acceptors (Lipinski definition) is 5. The Morgan fingerprint density at radius 2 is 1.57 bits per heavy atom. The average molecular weight is 425 g/mol. The molecule has 30 heavy (non-hydrogen) atoms. The molecule has 3 aromatic rings. The van der Waals surface area contributed by atoms with Crippen molar-refractivity contribution in [3.8, 4) is 28.5 Å². The van der Waals surface area contributed by atoms with Crippen LogP contribution in [0.4, 0.5) is 5.69 Å². The van der Waals surface area contributed by atoms with E-state index >= 15 is 0 Å². The highest BCUT2D eigenvalue weighted by molar-refractivity contribution is 7.07. The van der Waals surface area contributed by atoms with Crippen molar-refractivity contribution < 1.29 is 14.2 Å². The molecule has 1 saturated carbocycles. The number of para-hydroxylation sites is 1. The van der Waals surface area contributed by atoms with E-state index in [1.807, 2.05) is 42.5 Å². The smallest absolute Gasteiger partial charge is 0.203 e. The van der Waals surface area contributed by atoms with E-state index in [4.69, 9.17) is 19.2 Å². The highest BCUT2D eigenvalue weighted by Gasteiger charge is 2.22. The molecule has 4 rings (SSSR count). The van der Waals surface area contributed by atoms with E-state index in [2.05, 4.69) is 9.95 Å². The first-order valence-electron chi connectivity index (χ1n) is 10.4. The molecule has 0 spiro atoms. The molecule has 0 saturated heterocycles. The summed E-state index contributed by atoms with van der Waals surface area (Å²) in [6.07, 6.45) is 6.18. The lowest BCUT2D eigenvalue weighted by molar-refractivity contribution is 0.324. The van der Waals surface area contributed by atoms with Crippen molar-refractivity contribution in [2.24, 2.45) is 4.99 Å². The minimum atomic E-state index is 0.446. The topological polar surface area (TPSA) is 45.0 Å². The lowest BCUT2D eigenvalue weighted by atomic mass is 9.95. The lowest BCUT2D eigenvalue weighted by Crippen LogP contribution is -2.23. The summed E-state index contributed by atoms with van der Waals surface area (Å²) in [5, 5.41) is 2.19. The summed E-state index contributed by atoms with van der Waals surface area (Å²) in [5.41, 5.74) is 3.15. The van der Waals surface area contributed by atoms with Gasteiger partial charge >= 0.3 is 0 Å². The summed E-state index contributed by atoms with van der Waals surface area (Å²) < 4.78 is 19.1. The van der Waals surface area contributed by atoms with Gasteiger partial charge in [-0.05, 0) is 37.1 Å². The van der Waals surface area contributed by atoms with Gasteiger partial charge in [0.1, 0.15) is 0 Å². The molecule has 0 N–H and O–H groups in total. The fourth-order valence-electron chi connectivity index (χ4n) is 4.15. The van der Waals surface area contributed by atoms with E-state index in [0.29, 0.717) is 23.3 Å². The third kappa shape index (κ3) is 4.10. The van der Waals surface area contributed by atoms with Crippen molar-refractivity contribution in [3.05, 3.63) is 52.6 Å². The molecule has 0 amide bonds. The second-order valence-corrected chi connectivity index (χ2v) is 8.26. The van der Waals surface area contributed by atoms with Gasteiger partial charge in [0.25, 0.3) is 0 Å². The van der Waals surface area contributed by atoms with Crippen molar-refractivity contribution in [2.75, 3.05) is 21.3 Å². The van der Waals surface area contributed by atoms with Crippen LogP contribution in [0.15, 0.2) is 52.8 Å². The molecule has 158 valence electrons. The Balaban J connectivity index is 1.89. The van der Waals surface area contributed by atoms with Crippen molar-refractivity contribution in [2.45, 2.75) is 38.1 Å². The van der Waals surface area contributed by atoms with Crippen LogP contribution in [0.1, 0.15) is 38.1 Å². The van der Waals surface area contributed by atoms with Crippen LogP contribution in [0.3, 0.4) is 0 Å². The summed E-state index contributed by atoms with van der Waals surface area (Å²) in [4.78, 5) is 6.00. The monoisotopic (exact) mass is 424 g/mol. The average Bonchev–Trinajstić information content (AvgIpc) is 3.22. The maximum absolute atomic E-state index is 5.59. The molecule has 1 aliphatic carbocycles. The molecule has 1 aliphatic rings. The van der Waals surface area contributed by atoms with Gasteiger partial charge in [0.05, 0.1) is 32.7 Å². The molecule has 1 heterocycles. The third-order valence-electron chi connectivity index (χ3n) is 5.62. The molecule has 5 nitrogen and oxygen atoms in total. The number of benzene rings is 2. The van der Waals surface area contributed by atoms with Gasteiger partial charge in [0.2, 0.25) is 5.75 Å². The van der Waals surface area contributed by atoms with Gasteiger partial charge in [-0.2, -0.15) is 0 Å². The van der Waals surface area contributed by atoms with Gasteiger partial charge in [-0.3, -0.25) is 0 Å². The number of ether oxygens (including phenoxy) is 3. The summed E-state index contributed by atoms with van der Waals surface area (Å²) >= 11 is 1.68. The molecule has 1 aromatic heterocycles. The zero-order valence-corrected chi connectivity index (χ0v) is 18.6. The highest BCUT2D eigenvalue weighted by Crippen LogP contribution is 2.42. The van der Waals surface area contributed by atoms with Crippen LogP contribution in [0.25, 0.3) is 11.3 Å². The van der Waals surface area contributed by atoms with Crippen LogP contribution in [-0.4, -0.2) is 25.9 Å². The zero-order chi connectivity index (χ0) is 20.9. The van der Waals surface area contributed by atoms with E-state index in [1.165, 1.54) is 32.1 Å². The number of nitrogens with zero attached hydrogens (tertiary/aromatic N) is 2. The van der Waals surface area contributed by atoms with Crippen LogP contribution in [0, 0.1) is 0 Å². The molecular formula is C24H28N2O3S. The predicted octanol–water partition coefficient (Wildman–Crippen LogP) is 5.98. The molecule has 0 bridgehead atoms. The molecule has 2 aromatic carbocycles. The van der Waals surface area contributed by atoms with Crippen LogP contribution >= 0.6 is 11.3 Å². The van der Waals surface area contributed by atoms with Crippen molar-refractivity contribution in [1.82, 2.24) is 4.57 Å². The SMILES string of the molecule is COc1cc(-c2csc(=Nc3ccccc3)n2C2CCCCC2)cc(OC)c1OC. The van der Waals surface area contributed by atoms with Gasteiger partial charge < -0.3 is 18.8 Å². The highest BCUT2D eigenvalue weighted by atomic mass is 32.1. The summed E-state index contributed by atoms with van der Waals surface area (Å²) in [6.45, 7) is 0. The summed E-state index contributed by atoms with van der Waals surface area (Å²) in [6, 6.07) is 14.7. The quantitative estimate of drug-likeness (QED) is 0.489. The fourth-order valence-corrected chi connectivity index (χ4v) is 5.13. The Morgan fingerprint density at radius 3 is 2.17 bits per heavy atom. The summed E-state index contributed by atoms with van der Waals surface area (Å²) in [5.74, 6) is 1.93. The van der Waals surface area contributed by atoms with E-state index in [-0.39, 0.29) is 0 Å². The van der Waals surface area contributed by atoms with E-state index in [1.54, 1.807) is 32.7 Å². The Kier molecular flexibility index (Phi) is 6.43. The number of methoxy groups -OCH3 is 3.